The van der Waals surface area contributed by atoms with E-state index in [9.17, 15) is 4.79 Å². The van der Waals surface area contributed by atoms with Crippen LogP contribution in [0, 0.1) is 0 Å². The Balaban J connectivity index is 1.41. The van der Waals surface area contributed by atoms with Crippen LogP contribution in [0.5, 0.6) is 0 Å². The third kappa shape index (κ3) is 6.58. The van der Waals surface area contributed by atoms with Crippen LogP contribution >= 0.6 is 11.8 Å². The molecular weight excluding hydrogens is 444 g/mol. The zero-order chi connectivity index (χ0) is 23.8. The Morgan fingerprint density at radius 3 is 2.65 bits per heavy atom. The molecule has 0 saturated carbocycles. The summed E-state index contributed by atoms with van der Waals surface area (Å²) in [4.78, 5) is 24.2. The fourth-order valence-corrected chi connectivity index (χ4v) is 4.70. The van der Waals surface area contributed by atoms with Gasteiger partial charge in [-0.05, 0) is 37.0 Å². The minimum absolute atomic E-state index is 0.0581. The number of hydrogen-bond acceptors (Lipinski definition) is 6. The van der Waals surface area contributed by atoms with Crippen molar-refractivity contribution in [2.75, 3.05) is 31.6 Å². The van der Waals surface area contributed by atoms with Gasteiger partial charge in [0, 0.05) is 49.7 Å². The number of hydrogen-bond donors (Lipinski definition) is 1. The number of carbonyl (C=O) groups excluding carboxylic acids is 1. The van der Waals surface area contributed by atoms with Crippen molar-refractivity contribution in [1.29, 1.82) is 0 Å². The number of anilines is 1. The molecule has 1 aliphatic rings. The highest BCUT2D eigenvalue weighted by atomic mass is 32.2. The number of rotatable bonds is 10. The van der Waals surface area contributed by atoms with Gasteiger partial charge < -0.3 is 15.0 Å². The first kappa shape index (κ1) is 24.2. The molecule has 1 N–H and O–H groups in total. The molecule has 2 heterocycles. The summed E-state index contributed by atoms with van der Waals surface area (Å²) in [5.41, 5.74) is 3.79. The summed E-state index contributed by atoms with van der Waals surface area (Å²) in [5.74, 6) is 1.60. The average Bonchev–Trinajstić information content (AvgIpc) is 3.41. The van der Waals surface area contributed by atoms with E-state index in [1.165, 1.54) is 0 Å². The van der Waals surface area contributed by atoms with Gasteiger partial charge in [0.15, 0.2) is 5.16 Å². The largest absolute Gasteiger partial charge is 0.376 e. The van der Waals surface area contributed by atoms with Gasteiger partial charge in [0.1, 0.15) is 5.82 Å². The van der Waals surface area contributed by atoms with E-state index in [0.29, 0.717) is 12.1 Å². The Bertz CT molecular complexity index is 1070. The topological polar surface area (TPSA) is 67.4 Å². The van der Waals surface area contributed by atoms with Crippen molar-refractivity contribution < 1.29 is 9.53 Å². The molecule has 1 atom stereocenters. The van der Waals surface area contributed by atoms with Crippen molar-refractivity contribution >= 4 is 23.5 Å². The normalized spacial score (nSPS) is 15.3. The minimum atomic E-state index is -0.0581. The molecule has 178 valence electrons. The molecule has 7 heteroatoms. The lowest BCUT2D eigenvalue weighted by Crippen LogP contribution is -2.31. The lowest BCUT2D eigenvalue weighted by atomic mass is 10.1. The summed E-state index contributed by atoms with van der Waals surface area (Å²) in [6.07, 6.45) is 3.28. The first-order valence-electron chi connectivity index (χ1n) is 11.9. The second-order valence-electron chi connectivity index (χ2n) is 8.51. The fourth-order valence-electron chi connectivity index (χ4n) is 3.89. The standard InChI is InChI=1S/C27H32N4O2S/c1-3-15-31(2)25-17-24(21-8-5-4-6-9-21)29-27(30-25)34-19-20-11-13-22(14-12-20)26(32)28-18-23-10-7-16-33-23/h4-6,8-9,11-14,17,23H,3,7,10,15-16,18-19H2,1-2H3,(H,28,32)/t23-/m0/s1. The van der Waals surface area contributed by atoms with Crippen LogP contribution in [0.2, 0.25) is 0 Å². The van der Waals surface area contributed by atoms with Gasteiger partial charge >= 0.3 is 0 Å². The van der Waals surface area contributed by atoms with Gasteiger partial charge in [-0.2, -0.15) is 0 Å². The number of thioether (sulfide) groups is 1. The van der Waals surface area contributed by atoms with Gasteiger partial charge in [0.2, 0.25) is 0 Å². The zero-order valence-corrected chi connectivity index (χ0v) is 20.7. The number of nitrogens with one attached hydrogen (secondary N) is 1. The molecule has 34 heavy (non-hydrogen) atoms. The molecule has 4 rings (SSSR count). The first-order valence-corrected chi connectivity index (χ1v) is 12.9. The van der Waals surface area contributed by atoms with Gasteiger partial charge in [-0.25, -0.2) is 9.97 Å². The van der Waals surface area contributed by atoms with Crippen LogP contribution in [0.15, 0.2) is 65.8 Å². The van der Waals surface area contributed by atoms with Crippen molar-refractivity contribution in [3.05, 3.63) is 71.8 Å². The number of benzene rings is 2. The van der Waals surface area contributed by atoms with Gasteiger partial charge in [0.05, 0.1) is 11.8 Å². The van der Waals surface area contributed by atoms with Crippen molar-refractivity contribution in [2.45, 2.75) is 43.2 Å². The van der Waals surface area contributed by atoms with Gasteiger partial charge in [-0.3, -0.25) is 4.79 Å². The smallest absolute Gasteiger partial charge is 0.251 e. The Labute approximate surface area is 206 Å². The summed E-state index contributed by atoms with van der Waals surface area (Å²) in [5, 5.41) is 3.72. The molecule has 6 nitrogen and oxygen atoms in total. The van der Waals surface area contributed by atoms with E-state index in [1.54, 1.807) is 11.8 Å². The predicted molar refractivity (Wildman–Crippen MR) is 138 cm³/mol. The summed E-state index contributed by atoms with van der Waals surface area (Å²) >= 11 is 1.61. The van der Waals surface area contributed by atoms with Crippen LogP contribution in [-0.4, -0.2) is 48.7 Å². The molecule has 3 aromatic rings. The maximum Gasteiger partial charge on any atom is 0.251 e. The highest BCUT2D eigenvalue weighted by molar-refractivity contribution is 7.98. The van der Waals surface area contributed by atoms with Crippen LogP contribution in [0.25, 0.3) is 11.3 Å². The lowest BCUT2D eigenvalue weighted by Gasteiger charge is -2.18. The highest BCUT2D eigenvalue weighted by Crippen LogP contribution is 2.27. The maximum absolute atomic E-state index is 12.4. The summed E-state index contributed by atoms with van der Waals surface area (Å²) in [6, 6.07) is 20.0. The SMILES string of the molecule is CCCN(C)c1cc(-c2ccccc2)nc(SCc2ccc(C(=O)NC[C@@H]3CCCO3)cc2)n1. The first-order chi connectivity index (χ1) is 16.6. The van der Waals surface area contributed by atoms with Crippen LogP contribution in [0.3, 0.4) is 0 Å². The van der Waals surface area contributed by atoms with Gasteiger partial charge in [0.25, 0.3) is 5.91 Å². The van der Waals surface area contributed by atoms with E-state index in [2.05, 4.69) is 42.4 Å². The van der Waals surface area contributed by atoms with Gasteiger partial charge in [-0.1, -0.05) is 61.2 Å². The molecule has 1 aromatic heterocycles. The molecular formula is C27H32N4O2S. The fraction of sp³-hybridized carbons (Fsp3) is 0.370. The van der Waals surface area contributed by atoms with Crippen LogP contribution in [-0.2, 0) is 10.5 Å². The molecule has 1 fully saturated rings. The lowest BCUT2D eigenvalue weighted by molar-refractivity contribution is 0.0858. The molecule has 0 aliphatic carbocycles. The summed E-state index contributed by atoms with van der Waals surface area (Å²) in [7, 11) is 2.07. The van der Waals surface area contributed by atoms with Gasteiger partial charge in [-0.15, -0.1) is 0 Å². The molecule has 2 aromatic carbocycles. The predicted octanol–water partition coefficient (Wildman–Crippen LogP) is 5.19. The van der Waals surface area contributed by atoms with Crippen molar-refractivity contribution in [3.63, 3.8) is 0 Å². The van der Waals surface area contributed by atoms with Crippen molar-refractivity contribution in [3.8, 4) is 11.3 Å². The Hall–Kier alpha value is -2.90. The molecule has 0 radical (unpaired) electrons. The third-order valence-corrected chi connectivity index (χ3v) is 6.73. The van der Waals surface area contributed by atoms with Crippen LogP contribution < -0.4 is 10.2 Å². The molecule has 0 bridgehead atoms. The van der Waals surface area contributed by atoms with E-state index in [1.807, 2.05) is 42.5 Å². The van der Waals surface area contributed by atoms with Crippen LogP contribution in [0.4, 0.5) is 5.82 Å². The third-order valence-electron chi connectivity index (χ3n) is 5.81. The number of ether oxygens (including phenoxy) is 1. The number of nitrogens with zero attached hydrogens (tertiary/aromatic N) is 3. The monoisotopic (exact) mass is 476 g/mol. The minimum Gasteiger partial charge on any atom is -0.376 e. The van der Waals surface area contributed by atoms with E-state index < -0.39 is 0 Å². The quantitative estimate of drug-likeness (QED) is 0.321. The summed E-state index contributed by atoms with van der Waals surface area (Å²) < 4.78 is 5.57. The second-order valence-corrected chi connectivity index (χ2v) is 9.45. The van der Waals surface area contributed by atoms with E-state index in [0.717, 1.165) is 66.0 Å². The molecule has 1 saturated heterocycles. The zero-order valence-electron chi connectivity index (χ0n) is 19.9. The van der Waals surface area contributed by atoms with Crippen LogP contribution in [0.1, 0.15) is 42.1 Å². The number of carbonyl (C=O) groups is 1. The molecule has 0 unspecified atom stereocenters. The second kappa shape index (κ2) is 12.0. The molecule has 1 amide bonds. The van der Waals surface area contributed by atoms with E-state index in [4.69, 9.17) is 14.7 Å². The highest BCUT2D eigenvalue weighted by Gasteiger charge is 2.17. The Morgan fingerprint density at radius 1 is 1.15 bits per heavy atom. The maximum atomic E-state index is 12.4. The number of aromatic nitrogens is 2. The van der Waals surface area contributed by atoms with E-state index in [-0.39, 0.29) is 12.0 Å². The average molecular weight is 477 g/mol. The van der Waals surface area contributed by atoms with Crippen molar-refractivity contribution in [2.24, 2.45) is 0 Å². The molecule has 0 spiro atoms. The Morgan fingerprint density at radius 2 is 1.94 bits per heavy atom. The number of amides is 1. The summed E-state index contributed by atoms with van der Waals surface area (Å²) in [6.45, 7) is 4.46. The van der Waals surface area contributed by atoms with E-state index >= 15 is 0 Å². The van der Waals surface area contributed by atoms with Crippen molar-refractivity contribution in [1.82, 2.24) is 15.3 Å². The Kier molecular flexibility index (Phi) is 8.55. The molecule has 1 aliphatic heterocycles.